The molecule has 0 atom stereocenters. The second-order valence-corrected chi connectivity index (χ2v) is 6.71. The molecule has 0 saturated heterocycles. The van der Waals surface area contributed by atoms with Crippen molar-refractivity contribution >= 4 is 46.0 Å². The quantitative estimate of drug-likeness (QED) is 0.256. The lowest BCUT2D eigenvalue weighted by molar-refractivity contribution is -0.384. The Labute approximate surface area is 175 Å². The molecule has 3 aromatic carbocycles. The highest BCUT2D eigenvalue weighted by Crippen LogP contribution is 2.26. The Balaban J connectivity index is 1.64. The molecule has 0 radical (unpaired) electrons. The first-order valence-electron chi connectivity index (χ1n) is 9.43. The first-order chi connectivity index (χ1) is 15.2. The number of benzene rings is 3. The number of nitrogens with one attached hydrogen (secondary N) is 1. The fourth-order valence-electron chi connectivity index (χ4n) is 3.24. The fourth-order valence-corrected chi connectivity index (χ4v) is 3.24. The zero-order valence-electron chi connectivity index (χ0n) is 16.1. The van der Waals surface area contributed by atoms with E-state index in [-0.39, 0.29) is 5.69 Å². The van der Waals surface area contributed by atoms with Crippen LogP contribution in [-0.2, 0) is 0 Å². The molecule has 5 rings (SSSR count). The van der Waals surface area contributed by atoms with Crippen molar-refractivity contribution in [2.24, 2.45) is 4.99 Å². The number of para-hydroxylation sites is 2. The summed E-state index contributed by atoms with van der Waals surface area (Å²) in [5.41, 5.74) is 2.81. The van der Waals surface area contributed by atoms with Crippen LogP contribution >= 0.6 is 0 Å². The van der Waals surface area contributed by atoms with Crippen LogP contribution in [0.15, 0.2) is 83.9 Å². The lowest BCUT2D eigenvalue weighted by Gasteiger charge is -2.10. The van der Waals surface area contributed by atoms with Gasteiger partial charge in [-0.15, -0.1) is 10.2 Å². The maximum absolute atomic E-state index is 11.0. The molecule has 0 spiro atoms. The van der Waals surface area contributed by atoms with Crippen LogP contribution in [0, 0.1) is 10.1 Å². The molecule has 150 valence electrons. The number of non-ortho nitro benzene ring substituents is 1. The lowest BCUT2D eigenvalue weighted by atomic mass is 10.2. The number of anilines is 2. The number of aromatic nitrogens is 4. The summed E-state index contributed by atoms with van der Waals surface area (Å²) in [5, 5.41) is 23.7. The third kappa shape index (κ3) is 3.55. The Morgan fingerprint density at radius 2 is 1.77 bits per heavy atom. The van der Waals surface area contributed by atoms with Crippen molar-refractivity contribution in [1.82, 2.24) is 19.6 Å². The van der Waals surface area contributed by atoms with Gasteiger partial charge in [-0.05, 0) is 29.8 Å². The average Bonchev–Trinajstić information content (AvgIpc) is 3.23. The standard InChI is InChI=1S/C22H15N7O2/c30-29(31)17-10-6-7-15(13-17)14-23-21-27-26-20-18-11-4-5-12-19(18)25-22(28(20)21)24-16-8-2-1-3-9-16/h1-14H,(H,24,25). The van der Waals surface area contributed by atoms with Crippen LogP contribution in [-0.4, -0.2) is 30.7 Å². The minimum atomic E-state index is -0.443. The van der Waals surface area contributed by atoms with Gasteiger partial charge in [-0.2, -0.15) is 0 Å². The van der Waals surface area contributed by atoms with Crippen molar-refractivity contribution in [1.29, 1.82) is 0 Å². The van der Waals surface area contributed by atoms with Gasteiger partial charge in [-0.1, -0.05) is 42.5 Å². The minimum Gasteiger partial charge on any atom is -0.325 e. The first kappa shape index (κ1) is 18.4. The van der Waals surface area contributed by atoms with E-state index in [9.17, 15) is 10.1 Å². The molecule has 2 aromatic heterocycles. The zero-order valence-corrected chi connectivity index (χ0v) is 16.1. The summed E-state index contributed by atoms with van der Waals surface area (Å²) in [5.74, 6) is 0.814. The van der Waals surface area contributed by atoms with Crippen LogP contribution in [0.1, 0.15) is 5.56 Å². The summed E-state index contributed by atoms with van der Waals surface area (Å²) in [6.45, 7) is 0. The van der Waals surface area contributed by atoms with Gasteiger partial charge in [0.1, 0.15) is 0 Å². The molecule has 0 aliphatic rings. The molecule has 31 heavy (non-hydrogen) atoms. The SMILES string of the molecule is O=[N+]([O-])c1cccc(C=Nc2nnc3c4ccccc4nc(Nc4ccccc4)n23)c1. The molecule has 0 fully saturated rings. The molecular formula is C22H15N7O2. The molecule has 9 heteroatoms. The Morgan fingerprint density at radius 3 is 2.61 bits per heavy atom. The molecule has 9 nitrogen and oxygen atoms in total. The van der Waals surface area contributed by atoms with Crippen molar-refractivity contribution in [3.8, 4) is 0 Å². The predicted molar refractivity (Wildman–Crippen MR) is 118 cm³/mol. The van der Waals surface area contributed by atoms with E-state index in [1.807, 2.05) is 54.6 Å². The highest BCUT2D eigenvalue weighted by molar-refractivity contribution is 5.93. The molecule has 2 heterocycles. The molecule has 0 aliphatic heterocycles. The van der Waals surface area contributed by atoms with Crippen LogP contribution in [0.5, 0.6) is 0 Å². The number of aliphatic imine (C=N–C) groups is 1. The predicted octanol–water partition coefficient (Wildman–Crippen LogP) is 4.68. The Hall–Kier alpha value is -4.66. The topological polar surface area (TPSA) is 111 Å². The summed E-state index contributed by atoms with van der Waals surface area (Å²) >= 11 is 0. The van der Waals surface area contributed by atoms with Gasteiger partial charge >= 0.3 is 0 Å². The molecule has 0 aliphatic carbocycles. The molecule has 0 bridgehead atoms. The van der Waals surface area contributed by atoms with Crippen LogP contribution in [0.3, 0.4) is 0 Å². The normalized spacial score (nSPS) is 11.4. The van der Waals surface area contributed by atoms with Gasteiger partial charge < -0.3 is 5.32 Å². The van der Waals surface area contributed by atoms with Crippen LogP contribution in [0.4, 0.5) is 23.3 Å². The third-order valence-electron chi connectivity index (χ3n) is 4.67. The van der Waals surface area contributed by atoms with Crippen molar-refractivity contribution in [2.75, 3.05) is 5.32 Å². The molecule has 5 aromatic rings. The lowest BCUT2D eigenvalue weighted by Crippen LogP contribution is -2.02. The average molecular weight is 409 g/mol. The number of hydrogen-bond donors (Lipinski definition) is 1. The van der Waals surface area contributed by atoms with Gasteiger partial charge in [-0.3, -0.25) is 10.1 Å². The van der Waals surface area contributed by atoms with E-state index in [1.165, 1.54) is 18.3 Å². The molecule has 0 unspecified atom stereocenters. The summed E-state index contributed by atoms with van der Waals surface area (Å²) in [7, 11) is 0. The first-order valence-corrected chi connectivity index (χ1v) is 9.43. The minimum absolute atomic E-state index is 0.00542. The number of nitro benzene ring substituents is 1. The van der Waals surface area contributed by atoms with E-state index in [1.54, 1.807) is 16.5 Å². The summed E-state index contributed by atoms with van der Waals surface area (Å²) in [4.78, 5) is 19.7. The van der Waals surface area contributed by atoms with E-state index < -0.39 is 4.92 Å². The number of hydrogen-bond acceptors (Lipinski definition) is 7. The maximum atomic E-state index is 11.0. The Kier molecular flexibility index (Phi) is 4.53. The Morgan fingerprint density at radius 1 is 0.968 bits per heavy atom. The molecule has 0 amide bonds. The largest absolute Gasteiger partial charge is 0.325 e. The fraction of sp³-hybridized carbons (Fsp3) is 0. The Bertz CT molecular complexity index is 1440. The van der Waals surface area contributed by atoms with Crippen molar-refractivity contribution < 1.29 is 4.92 Å². The van der Waals surface area contributed by atoms with Gasteiger partial charge in [0.15, 0.2) is 5.65 Å². The molecular weight excluding hydrogens is 394 g/mol. The van der Waals surface area contributed by atoms with Crippen LogP contribution < -0.4 is 5.32 Å². The van der Waals surface area contributed by atoms with E-state index in [0.717, 1.165) is 16.6 Å². The van der Waals surface area contributed by atoms with Crippen LogP contribution in [0.2, 0.25) is 0 Å². The van der Waals surface area contributed by atoms with Gasteiger partial charge in [0.25, 0.3) is 11.6 Å². The summed E-state index contributed by atoms with van der Waals surface area (Å²) < 4.78 is 1.73. The van der Waals surface area contributed by atoms with E-state index >= 15 is 0 Å². The van der Waals surface area contributed by atoms with Crippen LogP contribution in [0.25, 0.3) is 16.6 Å². The third-order valence-corrected chi connectivity index (χ3v) is 4.67. The van der Waals surface area contributed by atoms with Crippen molar-refractivity contribution in [2.45, 2.75) is 0 Å². The van der Waals surface area contributed by atoms with Gasteiger partial charge in [0.2, 0.25) is 5.95 Å². The molecule has 0 saturated carbocycles. The number of nitrogens with zero attached hydrogens (tertiary/aromatic N) is 6. The van der Waals surface area contributed by atoms with Gasteiger partial charge in [0, 0.05) is 29.4 Å². The summed E-state index contributed by atoms with van der Waals surface area (Å²) in [6.07, 6.45) is 1.52. The van der Waals surface area contributed by atoms with E-state index in [0.29, 0.717) is 23.1 Å². The monoisotopic (exact) mass is 409 g/mol. The molecule has 1 N–H and O–H groups in total. The van der Waals surface area contributed by atoms with Gasteiger partial charge in [-0.25, -0.2) is 14.4 Å². The summed E-state index contributed by atoms with van der Waals surface area (Å²) in [6, 6.07) is 23.5. The number of fused-ring (bicyclic) bond motifs is 3. The number of nitro groups is 1. The van der Waals surface area contributed by atoms with E-state index in [4.69, 9.17) is 4.98 Å². The second-order valence-electron chi connectivity index (χ2n) is 6.71. The maximum Gasteiger partial charge on any atom is 0.270 e. The smallest absolute Gasteiger partial charge is 0.270 e. The number of rotatable bonds is 5. The second kappa shape index (κ2) is 7.64. The van der Waals surface area contributed by atoms with E-state index in [2.05, 4.69) is 20.5 Å². The van der Waals surface area contributed by atoms with Gasteiger partial charge in [0.05, 0.1) is 10.4 Å². The van der Waals surface area contributed by atoms with Crippen molar-refractivity contribution in [3.05, 3.63) is 94.5 Å². The van der Waals surface area contributed by atoms with Crippen molar-refractivity contribution in [3.63, 3.8) is 0 Å². The zero-order chi connectivity index (χ0) is 21.2. The highest BCUT2D eigenvalue weighted by Gasteiger charge is 2.15. The highest BCUT2D eigenvalue weighted by atomic mass is 16.6.